The Morgan fingerprint density at radius 2 is 1.74 bits per heavy atom. The highest BCUT2D eigenvalue weighted by molar-refractivity contribution is 6.31. The highest BCUT2D eigenvalue weighted by Crippen LogP contribution is 2.55. The molecule has 6 rings (SSSR count). The lowest BCUT2D eigenvalue weighted by Gasteiger charge is -2.42. The molecule has 4 atom stereocenters. The van der Waals surface area contributed by atoms with Crippen molar-refractivity contribution in [2.75, 3.05) is 12.0 Å². The summed E-state index contributed by atoms with van der Waals surface area (Å²) >= 11 is 6.02. The maximum Gasteiger partial charge on any atom is 0.238 e. The Labute approximate surface area is 224 Å². The molecule has 1 aliphatic heterocycles. The number of phenols is 1. The van der Waals surface area contributed by atoms with Crippen molar-refractivity contribution >= 4 is 40.7 Å². The molecule has 0 saturated carbocycles. The summed E-state index contributed by atoms with van der Waals surface area (Å²) in [6.07, 6.45) is 3.84. The highest BCUT2D eigenvalue weighted by atomic mass is 35.5. The Morgan fingerprint density at radius 1 is 1.00 bits per heavy atom. The van der Waals surface area contributed by atoms with E-state index in [2.05, 4.69) is 0 Å². The van der Waals surface area contributed by atoms with Crippen molar-refractivity contribution in [3.05, 3.63) is 87.5 Å². The lowest BCUT2D eigenvalue weighted by molar-refractivity contribution is -0.123. The standard InChI is InChI=1S/C30H24ClNO6/c1-14-11-23(34)27-21(28(14)35)13-20-18(25(27)15-3-10-24(38-2)22(33)12-15)8-9-19-26(20)30(37)32(29(19)36)17-6-4-16(31)5-7-17/h3-8,10-12,19-20,25-26,33H,9,13H2,1-2H3/t19-,20+,25-,26-/m0/s1. The Kier molecular flexibility index (Phi) is 5.65. The fourth-order valence-corrected chi connectivity index (χ4v) is 6.62. The maximum absolute atomic E-state index is 13.9. The van der Waals surface area contributed by atoms with Crippen LogP contribution in [0.1, 0.15) is 31.2 Å². The Hall–Kier alpha value is -3.97. The van der Waals surface area contributed by atoms with Gasteiger partial charge in [-0.05, 0) is 73.7 Å². The molecule has 0 radical (unpaired) electrons. The predicted octanol–water partition coefficient (Wildman–Crippen LogP) is 4.69. The minimum absolute atomic E-state index is 0.0918. The van der Waals surface area contributed by atoms with E-state index in [4.69, 9.17) is 16.3 Å². The molecule has 3 aliphatic carbocycles. The van der Waals surface area contributed by atoms with Crippen LogP contribution in [0.4, 0.5) is 5.69 Å². The van der Waals surface area contributed by atoms with Crippen molar-refractivity contribution in [3.8, 4) is 11.5 Å². The molecule has 2 aromatic rings. The third-order valence-corrected chi connectivity index (χ3v) is 8.44. The first-order valence-corrected chi connectivity index (χ1v) is 12.8. The lowest BCUT2D eigenvalue weighted by atomic mass is 9.59. The van der Waals surface area contributed by atoms with E-state index in [0.29, 0.717) is 39.4 Å². The average Bonchev–Trinajstić information content (AvgIpc) is 3.16. The van der Waals surface area contributed by atoms with Crippen LogP contribution in [0.25, 0.3) is 0 Å². The molecule has 0 aromatic heterocycles. The number of imide groups is 1. The van der Waals surface area contributed by atoms with Crippen LogP contribution in [0, 0.1) is 17.8 Å². The van der Waals surface area contributed by atoms with Crippen molar-refractivity contribution in [2.24, 2.45) is 17.8 Å². The van der Waals surface area contributed by atoms with Crippen LogP contribution < -0.4 is 9.64 Å². The molecule has 7 nitrogen and oxygen atoms in total. The number of nitrogens with zero attached hydrogens (tertiary/aromatic N) is 1. The van der Waals surface area contributed by atoms with Gasteiger partial charge in [0, 0.05) is 27.7 Å². The van der Waals surface area contributed by atoms with Gasteiger partial charge in [-0.2, -0.15) is 0 Å². The molecule has 0 unspecified atom stereocenters. The largest absolute Gasteiger partial charge is 0.504 e. The number of hydrogen-bond acceptors (Lipinski definition) is 6. The number of allylic oxidation sites excluding steroid dienone is 6. The first-order chi connectivity index (χ1) is 18.2. The summed E-state index contributed by atoms with van der Waals surface area (Å²) in [5.74, 6) is -3.20. The molecule has 1 heterocycles. The summed E-state index contributed by atoms with van der Waals surface area (Å²) in [5.41, 5.74) is 2.99. The fourth-order valence-electron chi connectivity index (χ4n) is 6.49. The van der Waals surface area contributed by atoms with E-state index < -0.39 is 23.7 Å². The molecule has 38 heavy (non-hydrogen) atoms. The number of aromatic hydroxyl groups is 1. The topological polar surface area (TPSA) is 101 Å². The van der Waals surface area contributed by atoms with Crippen molar-refractivity contribution in [3.63, 3.8) is 0 Å². The van der Waals surface area contributed by atoms with E-state index in [0.717, 1.165) is 5.57 Å². The molecule has 1 saturated heterocycles. The average molecular weight is 530 g/mol. The molecule has 192 valence electrons. The van der Waals surface area contributed by atoms with E-state index in [9.17, 15) is 24.3 Å². The van der Waals surface area contributed by atoms with E-state index >= 15 is 0 Å². The number of halogens is 1. The van der Waals surface area contributed by atoms with Crippen molar-refractivity contribution < 1.29 is 29.0 Å². The van der Waals surface area contributed by atoms with Gasteiger partial charge in [0.2, 0.25) is 11.8 Å². The van der Waals surface area contributed by atoms with Crippen LogP contribution in [0.15, 0.2) is 76.9 Å². The number of methoxy groups -OCH3 is 1. The number of anilines is 1. The molecule has 2 aromatic carbocycles. The summed E-state index contributed by atoms with van der Waals surface area (Å²) in [5, 5.41) is 11.0. The zero-order chi connectivity index (χ0) is 26.9. The molecule has 0 bridgehead atoms. The Morgan fingerprint density at radius 3 is 2.42 bits per heavy atom. The number of phenolic OH excluding ortho intramolecular Hbond substituents is 1. The van der Waals surface area contributed by atoms with Gasteiger partial charge in [-0.15, -0.1) is 0 Å². The zero-order valence-electron chi connectivity index (χ0n) is 20.7. The number of fused-ring (bicyclic) bond motifs is 3. The second-order valence-corrected chi connectivity index (χ2v) is 10.6. The van der Waals surface area contributed by atoms with Crippen LogP contribution in [-0.2, 0) is 19.2 Å². The smallest absolute Gasteiger partial charge is 0.238 e. The fraction of sp³-hybridized carbons (Fsp3) is 0.267. The number of carbonyl (C=O) groups is 4. The number of ketones is 2. The van der Waals surface area contributed by atoms with Gasteiger partial charge in [0.1, 0.15) is 0 Å². The molecule has 8 heteroatoms. The quantitative estimate of drug-likeness (QED) is 0.352. The second-order valence-electron chi connectivity index (χ2n) is 10.1. The minimum atomic E-state index is -0.671. The van der Waals surface area contributed by atoms with Crippen LogP contribution in [0.3, 0.4) is 0 Å². The molecule has 0 spiro atoms. The molecular weight excluding hydrogens is 506 g/mol. The summed E-state index contributed by atoms with van der Waals surface area (Å²) in [6, 6.07) is 11.5. The number of ether oxygens (including phenoxy) is 1. The number of Topliss-reactive ketones (excluding diaryl/α,β-unsaturated/α-hetero) is 1. The van der Waals surface area contributed by atoms with Crippen molar-refractivity contribution in [1.29, 1.82) is 0 Å². The molecule has 2 amide bonds. The minimum Gasteiger partial charge on any atom is -0.504 e. The molecular formula is C30H24ClNO6. The van der Waals surface area contributed by atoms with Gasteiger partial charge < -0.3 is 9.84 Å². The van der Waals surface area contributed by atoms with Gasteiger partial charge in [-0.1, -0.05) is 29.3 Å². The van der Waals surface area contributed by atoms with Gasteiger partial charge >= 0.3 is 0 Å². The van der Waals surface area contributed by atoms with E-state index in [1.807, 2.05) is 6.08 Å². The number of benzene rings is 2. The van der Waals surface area contributed by atoms with Gasteiger partial charge in [-0.3, -0.25) is 24.1 Å². The number of carbonyl (C=O) groups excluding carboxylic acids is 4. The first kappa shape index (κ1) is 24.4. The zero-order valence-corrected chi connectivity index (χ0v) is 21.5. The summed E-state index contributed by atoms with van der Waals surface area (Å²) in [4.78, 5) is 55.2. The van der Waals surface area contributed by atoms with E-state index in [1.54, 1.807) is 43.3 Å². The van der Waals surface area contributed by atoms with E-state index in [1.165, 1.54) is 24.2 Å². The van der Waals surface area contributed by atoms with Crippen LogP contribution in [0.2, 0.25) is 5.02 Å². The van der Waals surface area contributed by atoms with Crippen molar-refractivity contribution in [2.45, 2.75) is 25.7 Å². The highest BCUT2D eigenvalue weighted by Gasteiger charge is 2.56. The van der Waals surface area contributed by atoms with Crippen LogP contribution in [0.5, 0.6) is 11.5 Å². The van der Waals surface area contributed by atoms with Gasteiger partial charge in [0.15, 0.2) is 23.1 Å². The second kappa shape index (κ2) is 8.81. The monoisotopic (exact) mass is 529 g/mol. The number of amides is 2. The normalized spacial score (nSPS) is 26.6. The first-order valence-electron chi connectivity index (χ1n) is 12.4. The summed E-state index contributed by atoms with van der Waals surface area (Å²) in [7, 11) is 1.45. The van der Waals surface area contributed by atoms with Gasteiger partial charge in [0.05, 0.1) is 24.6 Å². The van der Waals surface area contributed by atoms with Gasteiger partial charge in [-0.25, -0.2) is 0 Å². The third kappa shape index (κ3) is 3.49. The number of hydrogen-bond donors (Lipinski definition) is 1. The lowest BCUT2D eigenvalue weighted by Crippen LogP contribution is -2.39. The van der Waals surface area contributed by atoms with E-state index in [-0.39, 0.29) is 41.3 Å². The maximum atomic E-state index is 13.9. The summed E-state index contributed by atoms with van der Waals surface area (Å²) in [6.45, 7) is 1.61. The Balaban J connectivity index is 1.48. The van der Waals surface area contributed by atoms with Gasteiger partial charge in [0.25, 0.3) is 0 Å². The molecule has 4 aliphatic rings. The molecule has 1 fully saturated rings. The Bertz CT molecular complexity index is 1530. The predicted molar refractivity (Wildman–Crippen MR) is 140 cm³/mol. The SMILES string of the molecule is COc1ccc([C@H]2C3=CC[C@@H]4C(=O)N(c5ccc(Cl)cc5)C(=O)[C@@H]4[C@@H]3CC3=C2C(=O)C=C(C)C3=O)cc1O. The van der Waals surface area contributed by atoms with Crippen LogP contribution >= 0.6 is 11.6 Å². The van der Waals surface area contributed by atoms with Crippen molar-refractivity contribution in [1.82, 2.24) is 0 Å². The third-order valence-electron chi connectivity index (χ3n) is 8.18. The van der Waals surface area contributed by atoms with Crippen LogP contribution in [-0.4, -0.2) is 35.6 Å². The summed E-state index contributed by atoms with van der Waals surface area (Å²) < 4.78 is 5.19. The molecule has 1 N–H and O–H groups in total. The number of rotatable bonds is 3.